The number of fused-ring (bicyclic) bond motifs is 1. The highest BCUT2D eigenvalue weighted by atomic mass is 16.2. The van der Waals surface area contributed by atoms with E-state index in [4.69, 9.17) is 0 Å². The van der Waals surface area contributed by atoms with E-state index in [2.05, 4.69) is 38.6 Å². The molecule has 0 atom stereocenters. The molecule has 1 amide bonds. The number of aromatic nitrogens is 3. The summed E-state index contributed by atoms with van der Waals surface area (Å²) in [5.74, 6) is 1.12. The van der Waals surface area contributed by atoms with Crippen molar-refractivity contribution in [2.75, 3.05) is 50.7 Å². The van der Waals surface area contributed by atoms with Crippen molar-refractivity contribution < 1.29 is 4.79 Å². The highest BCUT2D eigenvalue weighted by Crippen LogP contribution is 2.17. The van der Waals surface area contributed by atoms with E-state index < -0.39 is 0 Å². The van der Waals surface area contributed by atoms with Crippen molar-refractivity contribution in [2.24, 2.45) is 0 Å². The summed E-state index contributed by atoms with van der Waals surface area (Å²) < 4.78 is 0. The van der Waals surface area contributed by atoms with Crippen LogP contribution in [0.3, 0.4) is 0 Å². The number of rotatable bonds is 5. The van der Waals surface area contributed by atoms with E-state index >= 15 is 0 Å². The summed E-state index contributed by atoms with van der Waals surface area (Å²) in [5, 5.41) is 0. The van der Waals surface area contributed by atoms with Gasteiger partial charge < -0.3 is 9.80 Å². The summed E-state index contributed by atoms with van der Waals surface area (Å²) >= 11 is 0. The molecule has 1 fully saturated rings. The molecule has 2 aromatic heterocycles. The molecular formula is C17H24N6O. The average Bonchev–Trinajstić information content (AvgIpc) is 2.65. The smallest absolute Gasteiger partial charge is 0.236 e. The van der Waals surface area contributed by atoms with Crippen LogP contribution in [0.25, 0.3) is 11.2 Å². The Morgan fingerprint density at radius 1 is 1.08 bits per heavy atom. The zero-order chi connectivity index (χ0) is 16.9. The van der Waals surface area contributed by atoms with Crippen LogP contribution in [0, 0.1) is 0 Å². The largest absolute Gasteiger partial charge is 0.353 e. The lowest BCUT2D eigenvalue weighted by molar-refractivity contribution is -0.132. The predicted octanol–water partition coefficient (Wildman–Crippen LogP) is 1.02. The van der Waals surface area contributed by atoms with Crippen LogP contribution in [0.2, 0.25) is 0 Å². The first kappa shape index (κ1) is 16.6. The van der Waals surface area contributed by atoms with Crippen LogP contribution in [0.5, 0.6) is 0 Å². The lowest BCUT2D eigenvalue weighted by atomic mass is 10.3. The van der Waals surface area contributed by atoms with Gasteiger partial charge in [-0.2, -0.15) is 0 Å². The van der Waals surface area contributed by atoms with Crippen molar-refractivity contribution in [3.05, 3.63) is 24.5 Å². The van der Waals surface area contributed by atoms with Crippen molar-refractivity contribution in [3.63, 3.8) is 0 Å². The van der Waals surface area contributed by atoms with Gasteiger partial charge in [-0.25, -0.2) is 9.97 Å². The Morgan fingerprint density at radius 3 is 2.50 bits per heavy atom. The van der Waals surface area contributed by atoms with Gasteiger partial charge in [0, 0.05) is 38.6 Å². The van der Waals surface area contributed by atoms with E-state index in [1.807, 2.05) is 17.0 Å². The summed E-state index contributed by atoms with van der Waals surface area (Å²) in [5.41, 5.74) is 1.46. The molecule has 7 heteroatoms. The van der Waals surface area contributed by atoms with Crippen LogP contribution >= 0.6 is 0 Å². The molecule has 0 aromatic carbocycles. The van der Waals surface area contributed by atoms with Crippen molar-refractivity contribution in [1.29, 1.82) is 0 Å². The van der Waals surface area contributed by atoms with Gasteiger partial charge >= 0.3 is 0 Å². The number of amides is 1. The van der Waals surface area contributed by atoms with Gasteiger partial charge in [-0.3, -0.25) is 14.7 Å². The molecule has 3 heterocycles. The molecule has 1 saturated heterocycles. The summed E-state index contributed by atoms with van der Waals surface area (Å²) in [4.78, 5) is 31.8. The SMILES string of the molecule is CCN(CC)CC(=O)N1CCN(c2ccc3nccnc3n2)CC1. The normalized spacial score (nSPS) is 15.3. The van der Waals surface area contributed by atoms with Gasteiger partial charge in [-0.15, -0.1) is 0 Å². The first-order chi connectivity index (χ1) is 11.7. The highest BCUT2D eigenvalue weighted by molar-refractivity contribution is 5.78. The lowest BCUT2D eigenvalue weighted by Gasteiger charge is -2.36. The number of anilines is 1. The Hall–Kier alpha value is -2.28. The monoisotopic (exact) mass is 328 g/mol. The number of pyridine rings is 1. The quantitative estimate of drug-likeness (QED) is 0.816. The maximum atomic E-state index is 12.4. The average molecular weight is 328 g/mol. The third kappa shape index (κ3) is 3.62. The van der Waals surface area contributed by atoms with Crippen LogP contribution in [0.1, 0.15) is 13.8 Å². The summed E-state index contributed by atoms with van der Waals surface area (Å²) in [7, 11) is 0. The highest BCUT2D eigenvalue weighted by Gasteiger charge is 2.23. The molecule has 0 saturated carbocycles. The molecule has 0 unspecified atom stereocenters. The number of likely N-dealkylation sites (N-methyl/N-ethyl adjacent to an activating group) is 1. The number of carbonyl (C=O) groups excluding carboxylic acids is 1. The molecule has 1 aliphatic rings. The van der Waals surface area contributed by atoms with Gasteiger partial charge in [-0.1, -0.05) is 13.8 Å². The second kappa shape index (κ2) is 7.53. The predicted molar refractivity (Wildman–Crippen MR) is 93.9 cm³/mol. The van der Waals surface area contributed by atoms with Crippen molar-refractivity contribution in [2.45, 2.75) is 13.8 Å². The van der Waals surface area contributed by atoms with Gasteiger partial charge in [0.15, 0.2) is 5.65 Å². The first-order valence-electron chi connectivity index (χ1n) is 8.54. The van der Waals surface area contributed by atoms with Gasteiger partial charge in [0.2, 0.25) is 5.91 Å². The van der Waals surface area contributed by atoms with Crippen LogP contribution in [-0.4, -0.2) is 76.5 Å². The van der Waals surface area contributed by atoms with Gasteiger partial charge in [0.05, 0.1) is 6.54 Å². The molecule has 0 aliphatic carbocycles. The fourth-order valence-electron chi connectivity index (χ4n) is 2.94. The molecule has 3 rings (SSSR count). The fraction of sp³-hybridized carbons (Fsp3) is 0.529. The molecule has 2 aromatic rings. The molecule has 0 N–H and O–H groups in total. The molecular weight excluding hydrogens is 304 g/mol. The number of hydrogen-bond donors (Lipinski definition) is 0. The Kier molecular flexibility index (Phi) is 5.20. The second-order valence-electron chi connectivity index (χ2n) is 5.90. The summed E-state index contributed by atoms with van der Waals surface area (Å²) in [6, 6.07) is 3.92. The Labute approximate surface area is 142 Å². The zero-order valence-electron chi connectivity index (χ0n) is 14.4. The van der Waals surface area contributed by atoms with Crippen LogP contribution < -0.4 is 4.90 Å². The van der Waals surface area contributed by atoms with Crippen LogP contribution in [0.15, 0.2) is 24.5 Å². The number of carbonyl (C=O) groups is 1. The second-order valence-corrected chi connectivity index (χ2v) is 5.90. The maximum Gasteiger partial charge on any atom is 0.236 e. The van der Waals surface area contributed by atoms with E-state index in [1.165, 1.54) is 0 Å². The van der Waals surface area contributed by atoms with Crippen molar-refractivity contribution >= 4 is 22.9 Å². The molecule has 0 bridgehead atoms. The van der Waals surface area contributed by atoms with E-state index in [9.17, 15) is 4.79 Å². The summed E-state index contributed by atoms with van der Waals surface area (Å²) in [6.45, 7) is 9.56. The van der Waals surface area contributed by atoms with Crippen molar-refractivity contribution in [3.8, 4) is 0 Å². The number of piperazine rings is 1. The molecule has 7 nitrogen and oxygen atoms in total. The molecule has 128 valence electrons. The molecule has 0 spiro atoms. The molecule has 1 aliphatic heterocycles. The minimum absolute atomic E-state index is 0.218. The number of nitrogens with zero attached hydrogens (tertiary/aromatic N) is 6. The minimum Gasteiger partial charge on any atom is -0.353 e. The van der Waals surface area contributed by atoms with Gasteiger partial charge in [0.25, 0.3) is 0 Å². The zero-order valence-corrected chi connectivity index (χ0v) is 14.4. The van der Waals surface area contributed by atoms with E-state index in [0.717, 1.165) is 50.6 Å². The Balaban J connectivity index is 1.60. The Morgan fingerprint density at radius 2 is 1.79 bits per heavy atom. The van der Waals surface area contributed by atoms with Crippen LogP contribution in [0.4, 0.5) is 5.82 Å². The molecule has 24 heavy (non-hydrogen) atoms. The van der Waals surface area contributed by atoms with Gasteiger partial charge in [-0.05, 0) is 25.2 Å². The summed E-state index contributed by atoms with van der Waals surface area (Å²) in [6.07, 6.45) is 3.33. The van der Waals surface area contributed by atoms with Gasteiger partial charge in [0.1, 0.15) is 11.3 Å². The third-order valence-corrected chi connectivity index (χ3v) is 4.53. The lowest BCUT2D eigenvalue weighted by Crippen LogP contribution is -2.51. The number of hydrogen-bond acceptors (Lipinski definition) is 6. The van der Waals surface area contributed by atoms with E-state index in [0.29, 0.717) is 12.2 Å². The van der Waals surface area contributed by atoms with E-state index in [-0.39, 0.29) is 5.91 Å². The van der Waals surface area contributed by atoms with E-state index in [1.54, 1.807) is 12.4 Å². The third-order valence-electron chi connectivity index (χ3n) is 4.53. The minimum atomic E-state index is 0.218. The first-order valence-corrected chi connectivity index (χ1v) is 8.54. The Bertz CT molecular complexity index is 694. The standard InChI is InChI=1S/C17H24N6O/c1-3-21(4-2)13-16(24)23-11-9-22(10-12-23)15-6-5-14-17(20-15)19-8-7-18-14/h5-8H,3-4,9-13H2,1-2H3. The van der Waals surface area contributed by atoms with Crippen LogP contribution in [-0.2, 0) is 4.79 Å². The van der Waals surface area contributed by atoms with Crippen molar-refractivity contribution in [1.82, 2.24) is 24.8 Å². The maximum absolute atomic E-state index is 12.4. The molecule has 0 radical (unpaired) electrons. The fourth-order valence-corrected chi connectivity index (χ4v) is 2.94. The topological polar surface area (TPSA) is 65.5 Å².